The second-order valence-electron chi connectivity index (χ2n) is 5.75. The largest absolute Gasteiger partial charge is 0.465 e. The summed E-state index contributed by atoms with van der Waals surface area (Å²) in [5, 5.41) is 6.38. The Morgan fingerprint density at radius 3 is 2.50 bits per heavy atom. The number of carbonyl (C=O) groups is 2. The van der Waals surface area contributed by atoms with E-state index in [-0.39, 0.29) is 11.8 Å². The van der Waals surface area contributed by atoms with Crippen LogP contribution in [0, 0.1) is 5.92 Å². The van der Waals surface area contributed by atoms with Gasteiger partial charge in [0, 0.05) is 5.92 Å². The summed E-state index contributed by atoms with van der Waals surface area (Å²) in [5.41, 5.74) is 1.63. The fourth-order valence-corrected chi connectivity index (χ4v) is 2.62. The number of amides is 1. The summed E-state index contributed by atoms with van der Waals surface area (Å²) >= 11 is 6.17. The van der Waals surface area contributed by atoms with Crippen LogP contribution in [0.25, 0.3) is 0 Å². The molecule has 0 aliphatic carbocycles. The molecule has 138 valence electrons. The number of halogens is 1. The molecular weight excluding hydrogens is 354 g/mol. The average molecular weight is 376 g/mol. The van der Waals surface area contributed by atoms with Gasteiger partial charge < -0.3 is 15.4 Å². The number of aromatic nitrogens is 1. The zero-order chi connectivity index (χ0) is 19.1. The molecule has 0 saturated heterocycles. The second-order valence-corrected chi connectivity index (χ2v) is 6.15. The van der Waals surface area contributed by atoms with Gasteiger partial charge in [0.1, 0.15) is 5.82 Å². The molecule has 0 aliphatic heterocycles. The van der Waals surface area contributed by atoms with Gasteiger partial charge in [0.2, 0.25) is 5.91 Å². The maximum atomic E-state index is 12.1. The van der Waals surface area contributed by atoms with Crippen LogP contribution in [0.2, 0.25) is 5.02 Å². The van der Waals surface area contributed by atoms with Gasteiger partial charge in [0.25, 0.3) is 0 Å². The van der Waals surface area contributed by atoms with E-state index in [1.54, 1.807) is 36.5 Å². The minimum Gasteiger partial charge on any atom is -0.465 e. The normalized spacial score (nSPS) is 10.5. The Balaban J connectivity index is 2.10. The highest BCUT2D eigenvalue weighted by atomic mass is 35.5. The van der Waals surface area contributed by atoms with Crippen LogP contribution in [0.5, 0.6) is 0 Å². The highest BCUT2D eigenvalue weighted by molar-refractivity contribution is 6.33. The lowest BCUT2D eigenvalue weighted by molar-refractivity contribution is -0.120. The summed E-state index contributed by atoms with van der Waals surface area (Å²) in [4.78, 5) is 28.0. The number of carbonyl (C=O) groups excluding carboxylic acids is 2. The Bertz CT molecular complexity index is 774. The fraction of sp³-hybridized carbons (Fsp3) is 0.316. The van der Waals surface area contributed by atoms with Crippen LogP contribution in [0.4, 0.5) is 17.2 Å². The van der Waals surface area contributed by atoms with Gasteiger partial charge in [-0.2, -0.15) is 0 Å². The van der Waals surface area contributed by atoms with E-state index in [9.17, 15) is 9.59 Å². The minimum absolute atomic E-state index is 0.0190. The number of anilines is 3. The van der Waals surface area contributed by atoms with Crippen LogP contribution < -0.4 is 10.6 Å². The molecule has 0 atom stereocenters. The Morgan fingerprint density at radius 1 is 1.19 bits per heavy atom. The number of nitrogens with zero attached hydrogens (tertiary/aromatic N) is 1. The van der Waals surface area contributed by atoms with Crippen molar-refractivity contribution in [2.75, 3.05) is 17.7 Å². The molecule has 1 heterocycles. The van der Waals surface area contributed by atoms with Gasteiger partial charge in [0.05, 0.1) is 35.3 Å². The number of benzene rings is 1. The number of pyridine rings is 1. The van der Waals surface area contributed by atoms with Gasteiger partial charge in [-0.1, -0.05) is 25.4 Å². The first-order chi connectivity index (χ1) is 12.5. The summed E-state index contributed by atoms with van der Waals surface area (Å²) < 4.78 is 4.71. The van der Waals surface area contributed by atoms with Gasteiger partial charge in [-0.05, 0) is 43.2 Å². The van der Waals surface area contributed by atoms with Crippen molar-refractivity contribution in [2.24, 2.45) is 5.92 Å². The van der Waals surface area contributed by atoms with Gasteiger partial charge in [0.15, 0.2) is 0 Å². The number of ether oxygens (including phenoxy) is 1. The average Bonchev–Trinajstić information content (AvgIpc) is 2.65. The quantitative estimate of drug-likeness (QED) is 0.689. The molecule has 2 rings (SSSR count). The molecule has 0 radical (unpaired) electrons. The van der Waals surface area contributed by atoms with Gasteiger partial charge in [-0.25, -0.2) is 9.78 Å². The van der Waals surface area contributed by atoms with E-state index in [1.165, 1.54) is 7.11 Å². The smallest absolute Gasteiger partial charge is 0.337 e. The lowest BCUT2D eigenvalue weighted by Crippen LogP contribution is -2.22. The molecule has 0 aliphatic rings. The second kappa shape index (κ2) is 9.20. The van der Waals surface area contributed by atoms with Crippen molar-refractivity contribution < 1.29 is 14.3 Å². The van der Waals surface area contributed by atoms with Crippen LogP contribution in [-0.2, 0) is 9.53 Å². The monoisotopic (exact) mass is 375 g/mol. The minimum atomic E-state index is -0.442. The number of nitrogens with one attached hydrogen (secondary N) is 2. The van der Waals surface area contributed by atoms with Crippen LogP contribution in [0.3, 0.4) is 0 Å². The standard InChI is InChI=1S/C19H22ClN3O3/c1-4-12(5-2)18(24)23-17-9-7-14(11-21-17)22-16-10-13(19(25)26-3)6-8-15(16)20/h6-12,22H,4-5H2,1-3H3,(H,21,23,24). The summed E-state index contributed by atoms with van der Waals surface area (Å²) in [7, 11) is 1.32. The van der Waals surface area contributed by atoms with Crippen molar-refractivity contribution >= 4 is 40.7 Å². The molecule has 2 aromatic rings. The predicted molar refractivity (Wildman–Crippen MR) is 103 cm³/mol. The number of hydrogen-bond donors (Lipinski definition) is 2. The van der Waals surface area contributed by atoms with Crippen LogP contribution >= 0.6 is 11.6 Å². The topological polar surface area (TPSA) is 80.3 Å². The highest BCUT2D eigenvalue weighted by Gasteiger charge is 2.14. The molecule has 7 heteroatoms. The third kappa shape index (κ3) is 4.95. The first-order valence-corrected chi connectivity index (χ1v) is 8.78. The van der Waals surface area contributed by atoms with E-state index in [0.29, 0.717) is 27.8 Å². The number of esters is 1. The summed E-state index contributed by atoms with van der Waals surface area (Å²) in [5.74, 6) is -0.00401. The van der Waals surface area contributed by atoms with Gasteiger partial charge in [-0.3, -0.25) is 4.79 Å². The summed E-state index contributed by atoms with van der Waals surface area (Å²) in [6.07, 6.45) is 3.16. The third-order valence-electron chi connectivity index (χ3n) is 4.04. The molecule has 1 aromatic carbocycles. The molecule has 0 spiro atoms. The van der Waals surface area contributed by atoms with Crippen molar-refractivity contribution in [3.05, 3.63) is 47.1 Å². The van der Waals surface area contributed by atoms with E-state index in [1.807, 2.05) is 13.8 Å². The lowest BCUT2D eigenvalue weighted by Gasteiger charge is -2.13. The number of rotatable bonds is 7. The Hall–Kier alpha value is -2.60. The molecule has 0 fully saturated rings. The Labute approximate surface area is 157 Å². The molecule has 2 N–H and O–H groups in total. The van der Waals surface area contributed by atoms with Crippen molar-refractivity contribution in [3.8, 4) is 0 Å². The van der Waals surface area contributed by atoms with E-state index >= 15 is 0 Å². The van der Waals surface area contributed by atoms with Gasteiger partial charge in [-0.15, -0.1) is 0 Å². The molecule has 0 bridgehead atoms. The maximum Gasteiger partial charge on any atom is 0.337 e. The Morgan fingerprint density at radius 2 is 1.92 bits per heavy atom. The summed E-state index contributed by atoms with van der Waals surface area (Å²) in [6, 6.07) is 8.30. The third-order valence-corrected chi connectivity index (χ3v) is 4.37. The molecule has 1 amide bonds. The number of methoxy groups -OCH3 is 1. The van der Waals surface area contributed by atoms with E-state index in [2.05, 4.69) is 15.6 Å². The van der Waals surface area contributed by atoms with Crippen molar-refractivity contribution in [2.45, 2.75) is 26.7 Å². The van der Waals surface area contributed by atoms with Crippen molar-refractivity contribution in [1.29, 1.82) is 0 Å². The zero-order valence-electron chi connectivity index (χ0n) is 15.0. The molecule has 1 aromatic heterocycles. The molecule has 0 saturated carbocycles. The zero-order valence-corrected chi connectivity index (χ0v) is 15.8. The highest BCUT2D eigenvalue weighted by Crippen LogP contribution is 2.27. The van der Waals surface area contributed by atoms with Crippen molar-refractivity contribution in [3.63, 3.8) is 0 Å². The summed E-state index contributed by atoms with van der Waals surface area (Å²) in [6.45, 7) is 3.97. The number of hydrogen-bond acceptors (Lipinski definition) is 5. The van der Waals surface area contributed by atoms with E-state index < -0.39 is 5.97 Å². The first-order valence-electron chi connectivity index (χ1n) is 8.40. The molecule has 6 nitrogen and oxygen atoms in total. The van der Waals surface area contributed by atoms with E-state index in [4.69, 9.17) is 16.3 Å². The van der Waals surface area contributed by atoms with Gasteiger partial charge >= 0.3 is 5.97 Å². The first kappa shape index (κ1) is 19.7. The molecule has 26 heavy (non-hydrogen) atoms. The van der Waals surface area contributed by atoms with Crippen LogP contribution in [0.15, 0.2) is 36.5 Å². The molecular formula is C19H22ClN3O3. The van der Waals surface area contributed by atoms with Crippen LogP contribution in [0.1, 0.15) is 37.0 Å². The van der Waals surface area contributed by atoms with Crippen molar-refractivity contribution in [1.82, 2.24) is 4.98 Å². The van der Waals surface area contributed by atoms with Crippen LogP contribution in [-0.4, -0.2) is 24.0 Å². The maximum absolute atomic E-state index is 12.1. The molecule has 0 unspecified atom stereocenters. The fourth-order valence-electron chi connectivity index (χ4n) is 2.45. The predicted octanol–water partition coefficient (Wildman–Crippen LogP) is 4.64. The Kier molecular flexibility index (Phi) is 6.97. The lowest BCUT2D eigenvalue weighted by atomic mass is 10.0. The van der Waals surface area contributed by atoms with E-state index in [0.717, 1.165) is 12.8 Å². The SMILES string of the molecule is CCC(CC)C(=O)Nc1ccc(Nc2cc(C(=O)OC)ccc2Cl)cn1.